The Bertz CT molecular complexity index is 647. The standard InChI is InChI=1S/C14H23N3O3S2/c1-9(12-17-11(7-21-12)14(2,3)4)15-13(18)16-10-5-6-22(19,20)8-10/h7,9-10H,5-6,8H2,1-4H3,(H2,15,16,18). The van der Waals surface area contributed by atoms with Gasteiger partial charge >= 0.3 is 6.03 Å². The van der Waals surface area contributed by atoms with E-state index < -0.39 is 9.84 Å². The van der Waals surface area contributed by atoms with Crippen LogP contribution in [0.2, 0.25) is 0 Å². The minimum atomic E-state index is -2.99. The molecule has 2 heterocycles. The highest BCUT2D eigenvalue weighted by Crippen LogP contribution is 2.26. The number of carbonyl (C=O) groups excluding carboxylic acids is 1. The van der Waals surface area contributed by atoms with E-state index in [0.717, 1.165) is 10.7 Å². The first kappa shape index (κ1) is 17.2. The fourth-order valence-corrected chi connectivity index (χ4v) is 4.95. The molecule has 2 rings (SSSR count). The number of aromatic nitrogens is 1. The molecule has 2 amide bonds. The third kappa shape index (κ3) is 4.42. The van der Waals surface area contributed by atoms with E-state index in [0.29, 0.717) is 6.42 Å². The summed E-state index contributed by atoms with van der Waals surface area (Å²) in [6.45, 7) is 8.15. The van der Waals surface area contributed by atoms with Gasteiger partial charge in [-0.1, -0.05) is 20.8 Å². The Hall–Kier alpha value is -1.15. The highest BCUT2D eigenvalue weighted by atomic mass is 32.2. The molecule has 0 radical (unpaired) electrons. The molecule has 22 heavy (non-hydrogen) atoms. The molecule has 1 aliphatic heterocycles. The van der Waals surface area contributed by atoms with Crippen molar-refractivity contribution in [2.75, 3.05) is 11.5 Å². The van der Waals surface area contributed by atoms with Crippen molar-refractivity contribution in [3.05, 3.63) is 16.1 Å². The van der Waals surface area contributed by atoms with Gasteiger partial charge in [-0.15, -0.1) is 11.3 Å². The molecule has 1 aliphatic rings. The van der Waals surface area contributed by atoms with Crippen LogP contribution in [-0.2, 0) is 15.3 Å². The van der Waals surface area contributed by atoms with Crippen molar-refractivity contribution in [1.82, 2.24) is 15.6 Å². The first-order chi connectivity index (χ1) is 10.1. The zero-order valence-electron chi connectivity index (χ0n) is 13.3. The second-order valence-electron chi connectivity index (χ2n) is 6.76. The third-order valence-corrected chi connectivity index (χ3v) is 6.37. The van der Waals surface area contributed by atoms with Gasteiger partial charge in [0.1, 0.15) is 5.01 Å². The summed E-state index contributed by atoms with van der Waals surface area (Å²) in [4.78, 5) is 16.5. The van der Waals surface area contributed by atoms with Crippen molar-refractivity contribution in [2.24, 2.45) is 0 Å². The summed E-state index contributed by atoms with van der Waals surface area (Å²) in [5.41, 5.74) is 0.984. The van der Waals surface area contributed by atoms with Crippen LogP contribution in [-0.4, -0.2) is 37.0 Å². The van der Waals surface area contributed by atoms with E-state index in [9.17, 15) is 13.2 Å². The molecule has 6 nitrogen and oxygen atoms in total. The Morgan fingerprint density at radius 1 is 1.45 bits per heavy atom. The summed E-state index contributed by atoms with van der Waals surface area (Å²) in [5.74, 6) is 0.176. The van der Waals surface area contributed by atoms with E-state index in [1.54, 1.807) is 0 Å². The van der Waals surface area contributed by atoms with Gasteiger partial charge in [0.25, 0.3) is 0 Å². The second-order valence-corrected chi connectivity index (χ2v) is 9.88. The molecule has 0 bridgehead atoms. The first-order valence-electron chi connectivity index (χ1n) is 7.30. The minimum Gasteiger partial charge on any atom is -0.334 e. The van der Waals surface area contributed by atoms with Crippen LogP contribution in [0.4, 0.5) is 4.79 Å². The van der Waals surface area contributed by atoms with Gasteiger partial charge in [0, 0.05) is 16.8 Å². The maximum Gasteiger partial charge on any atom is 0.315 e. The van der Waals surface area contributed by atoms with E-state index in [4.69, 9.17) is 0 Å². The number of carbonyl (C=O) groups is 1. The highest BCUT2D eigenvalue weighted by Gasteiger charge is 2.29. The summed E-state index contributed by atoms with van der Waals surface area (Å²) >= 11 is 1.52. The maximum atomic E-state index is 12.0. The number of amides is 2. The van der Waals surface area contributed by atoms with Gasteiger partial charge in [-0.05, 0) is 13.3 Å². The van der Waals surface area contributed by atoms with Gasteiger partial charge in [0.15, 0.2) is 9.84 Å². The van der Waals surface area contributed by atoms with Gasteiger partial charge in [-0.2, -0.15) is 0 Å². The first-order valence-corrected chi connectivity index (χ1v) is 10.0. The van der Waals surface area contributed by atoms with Crippen LogP contribution in [0.15, 0.2) is 5.38 Å². The van der Waals surface area contributed by atoms with Gasteiger partial charge in [0.05, 0.1) is 23.2 Å². The van der Waals surface area contributed by atoms with Gasteiger partial charge in [0.2, 0.25) is 0 Å². The summed E-state index contributed by atoms with van der Waals surface area (Å²) in [5, 5.41) is 8.39. The molecule has 2 N–H and O–H groups in total. The average molecular weight is 345 g/mol. The Morgan fingerprint density at radius 3 is 2.64 bits per heavy atom. The topological polar surface area (TPSA) is 88.2 Å². The quantitative estimate of drug-likeness (QED) is 0.877. The lowest BCUT2D eigenvalue weighted by Crippen LogP contribution is -2.43. The second kappa shape index (κ2) is 6.16. The molecule has 2 atom stereocenters. The van der Waals surface area contributed by atoms with Crippen LogP contribution in [0.1, 0.15) is 50.9 Å². The number of rotatable bonds is 3. The monoisotopic (exact) mass is 345 g/mol. The van der Waals surface area contributed by atoms with Crippen molar-refractivity contribution < 1.29 is 13.2 Å². The Morgan fingerprint density at radius 2 is 2.14 bits per heavy atom. The lowest BCUT2D eigenvalue weighted by molar-refractivity contribution is 0.235. The number of nitrogens with one attached hydrogen (secondary N) is 2. The zero-order chi connectivity index (χ0) is 16.5. The van der Waals surface area contributed by atoms with Crippen LogP contribution >= 0.6 is 11.3 Å². The normalized spacial score (nSPS) is 22.3. The molecule has 2 unspecified atom stereocenters. The number of thiazole rings is 1. The number of nitrogens with zero attached hydrogens (tertiary/aromatic N) is 1. The van der Waals surface area contributed by atoms with Crippen LogP contribution < -0.4 is 10.6 Å². The lowest BCUT2D eigenvalue weighted by atomic mass is 9.93. The molecular formula is C14H23N3O3S2. The van der Waals surface area contributed by atoms with Gasteiger partial charge < -0.3 is 10.6 Å². The predicted molar refractivity (Wildman–Crippen MR) is 88.0 cm³/mol. The number of sulfone groups is 1. The van der Waals surface area contributed by atoms with Crippen LogP contribution in [0, 0.1) is 0 Å². The molecular weight excluding hydrogens is 322 g/mol. The molecule has 0 aromatic carbocycles. The molecule has 8 heteroatoms. The van der Waals surface area contributed by atoms with E-state index in [1.165, 1.54) is 11.3 Å². The SMILES string of the molecule is CC(NC(=O)NC1CCS(=O)(=O)C1)c1nc(C(C)(C)C)cs1. The van der Waals surface area contributed by atoms with Crippen LogP contribution in [0.25, 0.3) is 0 Å². The van der Waals surface area contributed by atoms with E-state index in [1.807, 2.05) is 12.3 Å². The minimum absolute atomic E-state index is 0.0189. The van der Waals surface area contributed by atoms with Gasteiger partial charge in [-0.3, -0.25) is 0 Å². The van der Waals surface area contributed by atoms with Crippen molar-refractivity contribution in [2.45, 2.75) is 51.6 Å². The lowest BCUT2D eigenvalue weighted by Gasteiger charge is -2.16. The third-order valence-electron chi connectivity index (χ3n) is 3.58. The Kier molecular flexibility index (Phi) is 4.81. The fraction of sp³-hybridized carbons (Fsp3) is 0.714. The Balaban J connectivity index is 1.90. The number of hydrogen-bond acceptors (Lipinski definition) is 5. The molecule has 1 aromatic heterocycles. The number of urea groups is 1. The molecule has 1 saturated heterocycles. The van der Waals surface area contributed by atoms with Gasteiger partial charge in [-0.25, -0.2) is 18.2 Å². The Labute approximate surface area is 135 Å². The average Bonchev–Trinajstić information content (AvgIpc) is 2.95. The summed E-state index contributed by atoms with van der Waals surface area (Å²) in [6, 6.07) is -0.847. The molecule has 0 saturated carbocycles. The summed E-state index contributed by atoms with van der Waals surface area (Å²) < 4.78 is 22.8. The van der Waals surface area contributed by atoms with Crippen LogP contribution in [0.3, 0.4) is 0 Å². The zero-order valence-corrected chi connectivity index (χ0v) is 15.0. The molecule has 0 aliphatic carbocycles. The van der Waals surface area contributed by atoms with E-state index in [-0.39, 0.29) is 35.0 Å². The molecule has 0 spiro atoms. The molecule has 1 aromatic rings. The van der Waals surface area contributed by atoms with E-state index in [2.05, 4.69) is 36.4 Å². The summed E-state index contributed by atoms with van der Waals surface area (Å²) in [7, 11) is -2.99. The van der Waals surface area contributed by atoms with Crippen LogP contribution in [0.5, 0.6) is 0 Å². The van der Waals surface area contributed by atoms with Crippen molar-refractivity contribution in [1.29, 1.82) is 0 Å². The fourth-order valence-electron chi connectivity index (χ4n) is 2.23. The largest absolute Gasteiger partial charge is 0.334 e. The van der Waals surface area contributed by atoms with Crippen molar-refractivity contribution in [3.63, 3.8) is 0 Å². The maximum absolute atomic E-state index is 12.0. The molecule has 1 fully saturated rings. The smallest absolute Gasteiger partial charge is 0.315 e. The predicted octanol–water partition coefficient (Wildman–Crippen LogP) is 1.99. The van der Waals surface area contributed by atoms with Crippen molar-refractivity contribution in [3.8, 4) is 0 Å². The molecule has 124 valence electrons. The highest BCUT2D eigenvalue weighted by molar-refractivity contribution is 7.91. The van der Waals surface area contributed by atoms with E-state index >= 15 is 0 Å². The summed E-state index contributed by atoms with van der Waals surface area (Å²) in [6.07, 6.45) is 0.482. The van der Waals surface area contributed by atoms with Crippen molar-refractivity contribution >= 4 is 27.2 Å². The number of hydrogen-bond donors (Lipinski definition) is 2.